The van der Waals surface area contributed by atoms with E-state index in [1.165, 1.54) is 0 Å². The molecule has 33 heavy (non-hydrogen) atoms. The number of para-hydroxylation sites is 2. The Bertz CT molecular complexity index is 1330. The van der Waals surface area contributed by atoms with Crippen LogP contribution in [0.2, 0.25) is 5.02 Å². The van der Waals surface area contributed by atoms with Crippen molar-refractivity contribution in [3.05, 3.63) is 101 Å². The van der Waals surface area contributed by atoms with Crippen LogP contribution in [-0.4, -0.2) is 39.3 Å². The number of fused-ring (bicyclic) bond motifs is 1. The Morgan fingerprint density at radius 3 is 2.06 bits per heavy atom. The number of likely N-dealkylation sites (N-methyl/N-ethyl adjacent to an activating group) is 1. The molecule has 0 aliphatic heterocycles. The number of carbonyl (C=O) groups is 2. The summed E-state index contributed by atoms with van der Waals surface area (Å²) in [6, 6.07) is 23.5. The zero-order chi connectivity index (χ0) is 22.7. The molecule has 0 saturated heterocycles. The summed E-state index contributed by atoms with van der Waals surface area (Å²) in [6.45, 7) is 0.923. The molecular formula is C25H24BrClN4O2. The van der Waals surface area contributed by atoms with Crippen molar-refractivity contribution in [3.63, 3.8) is 0 Å². The molecule has 0 aliphatic carbocycles. The fourth-order valence-electron chi connectivity index (χ4n) is 3.70. The second kappa shape index (κ2) is 10.6. The molecule has 1 amide bonds. The third kappa shape index (κ3) is 5.26. The molecule has 170 valence electrons. The summed E-state index contributed by atoms with van der Waals surface area (Å²) in [5.74, 6) is -0.168. The number of Topliss-reactive ketones (excluding diaryl/α,β-unsaturated/α-hetero) is 1. The van der Waals surface area contributed by atoms with Crippen LogP contribution in [0.1, 0.15) is 20.7 Å². The number of aromatic nitrogens is 2. The number of amides is 1. The van der Waals surface area contributed by atoms with Gasteiger partial charge in [0.15, 0.2) is 5.78 Å². The van der Waals surface area contributed by atoms with E-state index in [4.69, 9.17) is 17.0 Å². The van der Waals surface area contributed by atoms with E-state index in [9.17, 15) is 9.59 Å². The molecule has 0 spiro atoms. The van der Waals surface area contributed by atoms with E-state index in [1.54, 1.807) is 52.9 Å². The maximum Gasteiger partial charge on any atom is 0.253 e. The molecule has 0 bridgehead atoms. The van der Waals surface area contributed by atoms with Crippen LogP contribution in [0, 0.1) is 5.41 Å². The first-order chi connectivity index (χ1) is 15.5. The standard InChI is InChI=1S/C25H23ClN4O2.BrH/c1-28(24(32)19-7-3-2-4-8-19)15-16-29-21-9-5-6-10-22(21)30(25(29)27)17-23(31)18-11-13-20(26)14-12-18;/h2-14,27H,15-17H2,1H3;1H. The molecule has 8 heteroatoms. The van der Waals surface area contributed by atoms with E-state index in [0.717, 1.165) is 11.0 Å². The highest BCUT2D eigenvalue weighted by atomic mass is 79.9. The lowest BCUT2D eigenvalue weighted by Crippen LogP contribution is -2.34. The maximum absolute atomic E-state index is 12.8. The molecule has 4 rings (SSSR count). The molecule has 0 unspecified atom stereocenters. The van der Waals surface area contributed by atoms with Crippen LogP contribution < -0.4 is 5.62 Å². The van der Waals surface area contributed by atoms with Gasteiger partial charge in [0.1, 0.15) is 0 Å². The Labute approximate surface area is 207 Å². The van der Waals surface area contributed by atoms with E-state index in [2.05, 4.69) is 0 Å². The summed E-state index contributed by atoms with van der Waals surface area (Å²) < 4.78 is 3.53. The highest BCUT2D eigenvalue weighted by Gasteiger charge is 2.16. The Balaban J connectivity index is 0.00000306. The second-order valence-corrected chi connectivity index (χ2v) is 8.01. The topological polar surface area (TPSA) is 71.1 Å². The summed E-state index contributed by atoms with van der Waals surface area (Å²) in [5.41, 5.74) is 3.04. The van der Waals surface area contributed by atoms with Crippen molar-refractivity contribution >= 4 is 51.3 Å². The minimum absolute atomic E-state index is 0. The normalized spacial score (nSPS) is 10.6. The summed E-state index contributed by atoms with van der Waals surface area (Å²) in [4.78, 5) is 27.1. The largest absolute Gasteiger partial charge is 0.340 e. The predicted molar refractivity (Wildman–Crippen MR) is 135 cm³/mol. The van der Waals surface area contributed by atoms with Crippen LogP contribution in [0.15, 0.2) is 78.9 Å². The van der Waals surface area contributed by atoms with Gasteiger partial charge in [0.25, 0.3) is 5.91 Å². The fraction of sp³-hybridized carbons (Fsp3) is 0.160. The molecule has 0 radical (unpaired) electrons. The first kappa shape index (κ1) is 24.5. The molecule has 0 fully saturated rings. The molecular weight excluding hydrogens is 504 g/mol. The summed E-state index contributed by atoms with van der Waals surface area (Å²) in [7, 11) is 1.75. The first-order valence-corrected chi connectivity index (χ1v) is 10.7. The lowest BCUT2D eigenvalue weighted by Gasteiger charge is -2.17. The fourth-order valence-corrected chi connectivity index (χ4v) is 3.83. The van der Waals surface area contributed by atoms with Crippen LogP contribution in [0.3, 0.4) is 0 Å². The highest BCUT2D eigenvalue weighted by Crippen LogP contribution is 2.15. The van der Waals surface area contributed by atoms with E-state index >= 15 is 0 Å². The quantitative estimate of drug-likeness (QED) is 0.351. The average Bonchev–Trinajstić information content (AvgIpc) is 3.08. The molecule has 6 nitrogen and oxygen atoms in total. The molecule has 0 aliphatic rings. The van der Waals surface area contributed by atoms with E-state index < -0.39 is 0 Å². The summed E-state index contributed by atoms with van der Waals surface area (Å²) >= 11 is 5.93. The molecule has 0 saturated carbocycles. The van der Waals surface area contributed by atoms with Gasteiger partial charge in [-0.05, 0) is 48.5 Å². The zero-order valence-corrected chi connectivity index (χ0v) is 20.5. The van der Waals surface area contributed by atoms with Gasteiger partial charge < -0.3 is 14.0 Å². The second-order valence-electron chi connectivity index (χ2n) is 7.57. The zero-order valence-electron chi connectivity index (χ0n) is 18.1. The third-order valence-electron chi connectivity index (χ3n) is 5.47. The average molecular weight is 528 g/mol. The van der Waals surface area contributed by atoms with Gasteiger partial charge in [-0.1, -0.05) is 41.9 Å². The van der Waals surface area contributed by atoms with Crippen molar-refractivity contribution in [3.8, 4) is 0 Å². The van der Waals surface area contributed by atoms with Crippen LogP contribution in [0.5, 0.6) is 0 Å². The highest BCUT2D eigenvalue weighted by molar-refractivity contribution is 8.93. The first-order valence-electron chi connectivity index (χ1n) is 10.3. The number of nitrogens with zero attached hydrogens (tertiary/aromatic N) is 3. The Morgan fingerprint density at radius 2 is 1.42 bits per heavy atom. The van der Waals surface area contributed by atoms with Crippen molar-refractivity contribution in [1.29, 1.82) is 5.41 Å². The van der Waals surface area contributed by atoms with Crippen molar-refractivity contribution < 1.29 is 9.59 Å². The molecule has 1 heterocycles. The minimum Gasteiger partial charge on any atom is -0.340 e. The smallest absolute Gasteiger partial charge is 0.253 e. The number of nitrogens with one attached hydrogen (secondary N) is 1. The SMILES string of the molecule is Br.CN(CCn1c(=N)n(CC(=O)c2ccc(Cl)cc2)c2ccccc21)C(=O)c1ccccc1. The molecule has 4 aromatic rings. The van der Waals surface area contributed by atoms with Crippen molar-refractivity contribution in [1.82, 2.24) is 14.0 Å². The van der Waals surface area contributed by atoms with Crippen LogP contribution in [0.25, 0.3) is 11.0 Å². The summed E-state index contributed by atoms with van der Waals surface area (Å²) in [5, 5.41) is 9.30. The van der Waals surface area contributed by atoms with E-state index in [0.29, 0.717) is 29.2 Å². The van der Waals surface area contributed by atoms with Gasteiger partial charge in [-0.25, -0.2) is 0 Å². The number of carbonyl (C=O) groups excluding carboxylic acids is 2. The number of ketones is 1. The monoisotopic (exact) mass is 526 g/mol. The van der Waals surface area contributed by atoms with Crippen molar-refractivity contribution in [2.24, 2.45) is 0 Å². The van der Waals surface area contributed by atoms with Crippen LogP contribution in [0.4, 0.5) is 0 Å². The van der Waals surface area contributed by atoms with Crippen LogP contribution in [-0.2, 0) is 13.1 Å². The minimum atomic E-state index is -0.0977. The Kier molecular flexibility index (Phi) is 7.89. The van der Waals surface area contributed by atoms with Gasteiger partial charge in [0, 0.05) is 36.3 Å². The number of imidazole rings is 1. The number of halogens is 2. The lowest BCUT2D eigenvalue weighted by atomic mass is 10.1. The molecule has 1 N–H and O–H groups in total. The van der Waals surface area contributed by atoms with Gasteiger partial charge in [-0.3, -0.25) is 15.0 Å². The molecule has 1 aromatic heterocycles. The third-order valence-corrected chi connectivity index (χ3v) is 5.72. The van der Waals surface area contributed by atoms with E-state index in [1.807, 2.05) is 47.0 Å². The number of rotatable bonds is 7. The maximum atomic E-state index is 12.8. The van der Waals surface area contributed by atoms with Gasteiger partial charge in [-0.2, -0.15) is 0 Å². The number of hydrogen-bond donors (Lipinski definition) is 1. The Morgan fingerprint density at radius 1 is 0.848 bits per heavy atom. The summed E-state index contributed by atoms with van der Waals surface area (Å²) in [6.07, 6.45) is 0. The number of benzene rings is 3. The van der Waals surface area contributed by atoms with Crippen molar-refractivity contribution in [2.75, 3.05) is 13.6 Å². The van der Waals surface area contributed by atoms with Gasteiger partial charge in [-0.15, -0.1) is 17.0 Å². The van der Waals surface area contributed by atoms with E-state index in [-0.39, 0.29) is 40.8 Å². The number of hydrogen-bond acceptors (Lipinski definition) is 3. The molecule has 0 atom stereocenters. The van der Waals surface area contributed by atoms with Gasteiger partial charge >= 0.3 is 0 Å². The van der Waals surface area contributed by atoms with Gasteiger partial charge in [0.2, 0.25) is 5.62 Å². The Hall–Kier alpha value is -3.16. The predicted octanol–water partition coefficient (Wildman–Crippen LogP) is 4.81. The molecule has 3 aromatic carbocycles. The van der Waals surface area contributed by atoms with Crippen LogP contribution >= 0.6 is 28.6 Å². The lowest BCUT2D eigenvalue weighted by molar-refractivity contribution is 0.0790. The van der Waals surface area contributed by atoms with Crippen molar-refractivity contribution in [2.45, 2.75) is 13.1 Å². The van der Waals surface area contributed by atoms with Gasteiger partial charge in [0.05, 0.1) is 17.6 Å².